The molecule has 3 heterocycles. The van der Waals surface area contributed by atoms with E-state index in [1.54, 1.807) is 26.6 Å². The zero-order valence-electron chi connectivity index (χ0n) is 15.0. The Kier molecular flexibility index (Phi) is 6.19. The molecule has 1 fully saturated rings. The van der Waals surface area contributed by atoms with E-state index in [1.807, 2.05) is 12.1 Å². The van der Waals surface area contributed by atoms with E-state index in [-0.39, 0.29) is 0 Å². The summed E-state index contributed by atoms with van der Waals surface area (Å²) in [7, 11) is 3.36. The Hall–Kier alpha value is -2.18. The number of pyridine rings is 2. The van der Waals surface area contributed by atoms with Gasteiger partial charge in [-0.1, -0.05) is 12.1 Å². The highest BCUT2D eigenvalue weighted by molar-refractivity contribution is 5.26. The van der Waals surface area contributed by atoms with Crippen LogP contribution in [0, 0.1) is 0 Å². The van der Waals surface area contributed by atoms with Crippen molar-refractivity contribution < 1.29 is 9.47 Å². The summed E-state index contributed by atoms with van der Waals surface area (Å²) < 4.78 is 10.7. The van der Waals surface area contributed by atoms with Crippen LogP contribution in [-0.2, 0) is 13.1 Å². The summed E-state index contributed by atoms with van der Waals surface area (Å²) in [4.78, 5) is 13.5. The molecule has 0 spiro atoms. The van der Waals surface area contributed by atoms with Crippen molar-refractivity contribution in [3.8, 4) is 11.8 Å². The predicted octanol–water partition coefficient (Wildman–Crippen LogP) is 2.20. The molecule has 2 aromatic rings. The van der Waals surface area contributed by atoms with Gasteiger partial charge in [-0.2, -0.15) is 0 Å². The van der Waals surface area contributed by atoms with Crippen LogP contribution in [0.3, 0.4) is 0 Å². The summed E-state index contributed by atoms with van der Waals surface area (Å²) >= 11 is 0. The second-order valence-corrected chi connectivity index (χ2v) is 6.25. The van der Waals surface area contributed by atoms with E-state index >= 15 is 0 Å². The minimum absolute atomic E-state index is 0.726. The second kappa shape index (κ2) is 8.78. The Labute approximate surface area is 149 Å². The van der Waals surface area contributed by atoms with Crippen molar-refractivity contribution >= 4 is 0 Å². The van der Waals surface area contributed by atoms with E-state index in [0.29, 0.717) is 0 Å². The van der Waals surface area contributed by atoms with Crippen molar-refractivity contribution in [1.82, 2.24) is 19.8 Å². The van der Waals surface area contributed by atoms with Crippen LogP contribution in [0.2, 0.25) is 0 Å². The SMILES string of the molecule is COc1ncccc1CN1CCCN(Cc2cccnc2OC)CC1. The summed E-state index contributed by atoms with van der Waals surface area (Å²) in [5.41, 5.74) is 2.29. The molecule has 0 aliphatic carbocycles. The smallest absolute Gasteiger partial charge is 0.217 e. The van der Waals surface area contributed by atoms with Gasteiger partial charge in [0.25, 0.3) is 0 Å². The highest BCUT2D eigenvalue weighted by atomic mass is 16.5. The fourth-order valence-corrected chi connectivity index (χ4v) is 3.28. The fraction of sp³-hybridized carbons (Fsp3) is 0.474. The van der Waals surface area contributed by atoms with Gasteiger partial charge in [0, 0.05) is 49.7 Å². The molecule has 25 heavy (non-hydrogen) atoms. The lowest BCUT2D eigenvalue weighted by Crippen LogP contribution is -2.30. The zero-order chi connectivity index (χ0) is 17.5. The molecule has 1 aliphatic heterocycles. The van der Waals surface area contributed by atoms with Crippen LogP contribution >= 0.6 is 0 Å². The lowest BCUT2D eigenvalue weighted by atomic mass is 10.2. The van der Waals surface area contributed by atoms with Gasteiger partial charge in [0.05, 0.1) is 14.2 Å². The van der Waals surface area contributed by atoms with Gasteiger partial charge in [-0.3, -0.25) is 9.80 Å². The molecule has 0 amide bonds. The number of hydrogen-bond acceptors (Lipinski definition) is 6. The van der Waals surface area contributed by atoms with Crippen LogP contribution in [0.15, 0.2) is 36.7 Å². The largest absolute Gasteiger partial charge is 0.481 e. The molecule has 134 valence electrons. The summed E-state index contributed by atoms with van der Waals surface area (Å²) in [6, 6.07) is 8.12. The third-order valence-corrected chi connectivity index (χ3v) is 4.56. The van der Waals surface area contributed by atoms with E-state index in [0.717, 1.165) is 68.6 Å². The molecular weight excluding hydrogens is 316 g/mol. The molecule has 2 aromatic heterocycles. The lowest BCUT2D eigenvalue weighted by molar-refractivity contribution is 0.242. The number of nitrogens with zero attached hydrogens (tertiary/aromatic N) is 4. The van der Waals surface area contributed by atoms with Crippen LogP contribution in [-0.4, -0.2) is 60.2 Å². The molecule has 0 N–H and O–H groups in total. The molecule has 0 saturated carbocycles. The maximum absolute atomic E-state index is 5.37. The average molecular weight is 342 g/mol. The topological polar surface area (TPSA) is 50.7 Å². The van der Waals surface area contributed by atoms with E-state index < -0.39 is 0 Å². The molecular formula is C19H26N4O2. The second-order valence-electron chi connectivity index (χ2n) is 6.25. The van der Waals surface area contributed by atoms with Crippen LogP contribution in [0.1, 0.15) is 17.5 Å². The molecule has 0 unspecified atom stereocenters. The van der Waals surface area contributed by atoms with Crippen molar-refractivity contribution in [2.24, 2.45) is 0 Å². The summed E-state index contributed by atoms with van der Waals surface area (Å²) in [5.74, 6) is 1.45. The van der Waals surface area contributed by atoms with Gasteiger partial charge in [-0.15, -0.1) is 0 Å². The van der Waals surface area contributed by atoms with Crippen molar-refractivity contribution in [3.63, 3.8) is 0 Å². The molecule has 6 nitrogen and oxygen atoms in total. The zero-order valence-corrected chi connectivity index (χ0v) is 15.0. The first-order valence-corrected chi connectivity index (χ1v) is 8.70. The summed E-state index contributed by atoms with van der Waals surface area (Å²) in [6.07, 6.45) is 4.69. The van der Waals surface area contributed by atoms with Crippen molar-refractivity contribution in [2.45, 2.75) is 19.5 Å². The van der Waals surface area contributed by atoms with Crippen LogP contribution < -0.4 is 9.47 Å². The first-order valence-electron chi connectivity index (χ1n) is 8.70. The van der Waals surface area contributed by atoms with Gasteiger partial charge in [-0.05, 0) is 31.6 Å². The first kappa shape index (κ1) is 17.6. The molecule has 0 aromatic carbocycles. The number of methoxy groups -OCH3 is 2. The molecule has 0 bridgehead atoms. The van der Waals surface area contributed by atoms with Gasteiger partial charge in [0.15, 0.2) is 0 Å². The minimum Gasteiger partial charge on any atom is -0.481 e. The first-order chi connectivity index (χ1) is 12.3. The maximum atomic E-state index is 5.37. The van der Waals surface area contributed by atoms with Gasteiger partial charge in [0.1, 0.15) is 0 Å². The monoisotopic (exact) mass is 342 g/mol. The normalized spacial score (nSPS) is 16.4. The Bertz CT molecular complexity index is 622. The number of rotatable bonds is 6. The number of hydrogen-bond donors (Lipinski definition) is 0. The van der Waals surface area contributed by atoms with Crippen molar-refractivity contribution in [3.05, 3.63) is 47.8 Å². The third-order valence-electron chi connectivity index (χ3n) is 4.56. The van der Waals surface area contributed by atoms with Gasteiger partial charge in [0.2, 0.25) is 11.8 Å². The van der Waals surface area contributed by atoms with E-state index in [9.17, 15) is 0 Å². The molecule has 1 aliphatic rings. The Morgan fingerprint density at radius 1 is 0.800 bits per heavy atom. The molecule has 0 radical (unpaired) electrons. The van der Waals surface area contributed by atoms with Gasteiger partial charge < -0.3 is 9.47 Å². The Balaban J connectivity index is 1.59. The highest BCUT2D eigenvalue weighted by Gasteiger charge is 2.18. The summed E-state index contributed by atoms with van der Waals surface area (Å²) in [5, 5.41) is 0. The van der Waals surface area contributed by atoms with Crippen LogP contribution in [0.25, 0.3) is 0 Å². The van der Waals surface area contributed by atoms with Crippen molar-refractivity contribution in [2.75, 3.05) is 40.4 Å². The molecule has 1 saturated heterocycles. The Morgan fingerprint density at radius 2 is 1.28 bits per heavy atom. The molecule has 0 atom stereocenters. The van der Waals surface area contributed by atoms with Crippen molar-refractivity contribution in [1.29, 1.82) is 0 Å². The molecule has 3 rings (SSSR count). The third kappa shape index (κ3) is 4.67. The summed E-state index contributed by atoms with van der Waals surface area (Å²) in [6.45, 7) is 5.97. The van der Waals surface area contributed by atoms with E-state index in [2.05, 4.69) is 31.9 Å². The van der Waals surface area contributed by atoms with Gasteiger partial charge >= 0.3 is 0 Å². The fourth-order valence-electron chi connectivity index (χ4n) is 3.28. The number of aromatic nitrogens is 2. The Morgan fingerprint density at radius 3 is 1.72 bits per heavy atom. The van der Waals surface area contributed by atoms with Crippen LogP contribution in [0.4, 0.5) is 0 Å². The van der Waals surface area contributed by atoms with Gasteiger partial charge in [-0.25, -0.2) is 9.97 Å². The molecule has 6 heteroatoms. The lowest BCUT2D eigenvalue weighted by Gasteiger charge is -2.22. The standard InChI is InChI=1S/C19H26N4O2/c1-24-18-16(6-3-8-20-18)14-22-10-5-11-23(13-12-22)15-17-7-4-9-21-19(17)25-2/h3-4,6-9H,5,10-15H2,1-2H3. The quantitative estimate of drug-likeness (QED) is 0.802. The minimum atomic E-state index is 0.726. The maximum Gasteiger partial charge on any atom is 0.217 e. The van der Waals surface area contributed by atoms with Crippen LogP contribution in [0.5, 0.6) is 11.8 Å². The van der Waals surface area contributed by atoms with E-state index in [4.69, 9.17) is 9.47 Å². The van der Waals surface area contributed by atoms with E-state index in [1.165, 1.54) is 0 Å². The predicted molar refractivity (Wildman–Crippen MR) is 96.7 cm³/mol. The number of ether oxygens (including phenoxy) is 2. The highest BCUT2D eigenvalue weighted by Crippen LogP contribution is 2.19. The average Bonchev–Trinajstić information content (AvgIpc) is 2.88.